The summed E-state index contributed by atoms with van der Waals surface area (Å²) in [6.45, 7) is 2.43. The molecule has 0 spiro atoms. The Hall–Kier alpha value is -0.660. The van der Waals surface area contributed by atoms with E-state index in [-0.39, 0.29) is 0 Å². The zero-order chi connectivity index (χ0) is 11.5. The van der Waals surface area contributed by atoms with Crippen molar-refractivity contribution in [3.8, 4) is 0 Å². The lowest BCUT2D eigenvalue weighted by atomic mass is 10.4. The van der Waals surface area contributed by atoms with Crippen LogP contribution < -0.4 is 10.0 Å². The zero-order valence-electron chi connectivity index (χ0n) is 8.73. The smallest absolute Gasteiger partial charge is 0.219 e. The van der Waals surface area contributed by atoms with Crippen molar-refractivity contribution in [3.05, 3.63) is 0 Å². The average Bonchev–Trinajstić information content (AvgIpc) is 2.27. The molecule has 1 atom stereocenters. The van der Waals surface area contributed by atoms with Crippen LogP contribution in [-0.2, 0) is 14.8 Å². The van der Waals surface area contributed by atoms with Gasteiger partial charge in [-0.2, -0.15) is 4.31 Å². The molecule has 1 rings (SSSR count). The van der Waals surface area contributed by atoms with Crippen LogP contribution in [0.25, 0.3) is 0 Å². The van der Waals surface area contributed by atoms with Gasteiger partial charge in [-0.05, 0) is 0 Å². The highest BCUT2D eigenvalue weighted by atomic mass is 32.2. The second kappa shape index (κ2) is 4.91. The molecule has 1 heterocycles. The van der Waals surface area contributed by atoms with Gasteiger partial charge in [0.2, 0.25) is 10.0 Å². The van der Waals surface area contributed by atoms with Crippen LogP contribution in [-0.4, -0.2) is 57.7 Å². The number of hydrogen-bond acceptors (Lipinski definition) is 4. The van der Waals surface area contributed by atoms with Gasteiger partial charge in [-0.3, -0.25) is 0 Å². The largest absolute Gasteiger partial charge is 0.549 e. The third kappa shape index (κ3) is 3.77. The van der Waals surface area contributed by atoms with E-state index < -0.39 is 21.7 Å². The van der Waals surface area contributed by atoms with Crippen molar-refractivity contribution in [2.24, 2.45) is 0 Å². The van der Waals surface area contributed by atoms with Gasteiger partial charge in [0, 0.05) is 13.0 Å². The number of carbonyl (C=O) groups is 1. The summed E-state index contributed by atoms with van der Waals surface area (Å²) in [6.07, 6.45) is 0.762. The molecule has 0 aromatic carbocycles. The van der Waals surface area contributed by atoms with Crippen molar-refractivity contribution >= 4 is 16.0 Å². The summed E-state index contributed by atoms with van der Waals surface area (Å²) in [6, 6.07) is 0. The maximum Gasteiger partial charge on any atom is 0.219 e. The maximum atomic E-state index is 11.6. The van der Waals surface area contributed by atoms with Gasteiger partial charge in [0.1, 0.15) is 5.75 Å². The predicted octanol–water partition coefficient (Wildman–Crippen LogP) is -3.71. The van der Waals surface area contributed by atoms with Crippen LogP contribution in [0.4, 0.5) is 0 Å². The molecule has 1 unspecified atom stereocenters. The van der Waals surface area contributed by atoms with E-state index in [1.165, 1.54) is 9.21 Å². The number of hydrogen-bond donors (Lipinski definition) is 1. The summed E-state index contributed by atoms with van der Waals surface area (Å²) < 4.78 is 24.4. The van der Waals surface area contributed by atoms with Gasteiger partial charge in [-0.15, -0.1) is 0 Å². The Balaban J connectivity index is 2.66. The molecule has 1 fully saturated rings. The molecular formula is C8H16N2O4S. The van der Waals surface area contributed by atoms with Gasteiger partial charge in [-0.1, -0.05) is 0 Å². The first kappa shape index (κ1) is 12.4. The van der Waals surface area contributed by atoms with Crippen molar-refractivity contribution in [2.75, 3.05) is 39.0 Å². The van der Waals surface area contributed by atoms with E-state index in [0.29, 0.717) is 19.6 Å². The molecule has 1 N–H and O–H groups in total. The van der Waals surface area contributed by atoms with Crippen molar-refractivity contribution < 1.29 is 23.2 Å². The molecule has 1 saturated heterocycles. The second-order valence-corrected chi connectivity index (χ2v) is 5.81. The molecule has 0 aromatic heterocycles. The van der Waals surface area contributed by atoms with Crippen molar-refractivity contribution in [3.63, 3.8) is 0 Å². The normalized spacial score (nSPS) is 24.7. The monoisotopic (exact) mass is 236 g/mol. The molecule has 0 amide bonds. The van der Waals surface area contributed by atoms with Crippen LogP contribution in [0.5, 0.6) is 0 Å². The Labute approximate surface area is 89.5 Å². The summed E-state index contributed by atoms with van der Waals surface area (Å²) in [5.41, 5.74) is 0. The highest BCUT2D eigenvalue weighted by molar-refractivity contribution is 7.89. The summed E-state index contributed by atoms with van der Waals surface area (Å²) in [5, 5.41) is 10.3. The Morgan fingerprint density at radius 2 is 2.07 bits per heavy atom. The summed E-state index contributed by atoms with van der Waals surface area (Å²) in [5.74, 6) is -2.45. The highest BCUT2D eigenvalue weighted by Gasteiger charge is 2.25. The number of quaternary nitrogens is 1. The van der Waals surface area contributed by atoms with Crippen molar-refractivity contribution in [1.29, 1.82) is 0 Å². The fraction of sp³-hybridized carbons (Fsp3) is 0.875. The highest BCUT2D eigenvalue weighted by Crippen LogP contribution is 2.02. The van der Waals surface area contributed by atoms with E-state index in [9.17, 15) is 18.3 Å². The Morgan fingerprint density at radius 1 is 1.40 bits per heavy atom. The molecule has 1 aliphatic rings. The third-order valence-electron chi connectivity index (χ3n) is 2.49. The van der Waals surface area contributed by atoms with Crippen LogP contribution in [0.15, 0.2) is 0 Å². The van der Waals surface area contributed by atoms with Gasteiger partial charge in [0.05, 0.1) is 32.7 Å². The number of carboxylic acids is 1. The lowest BCUT2D eigenvalue weighted by Gasteiger charge is -2.19. The molecule has 7 heteroatoms. The number of nitrogens with zero attached hydrogens (tertiary/aromatic N) is 1. The number of likely N-dealkylation sites (N-methyl/N-ethyl adjacent to an activating group) is 1. The minimum absolute atomic E-state index is 0.390. The Morgan fingerprint density at radius 3 is 2.67 bits per heavy atom. The minimum atomic E-state index is -3.67. The van der Waals surface area contributed by atoms with Gasteiger partial charge in [0.25, 0.3) is 0 Å². The van der Waals surface area contributed by atoms with Gasteiger partial charge in [0.15, 0.2) is 0 Å². The Bertz CT molecular complexity index is 328. The molecule has 0 bridgehead atoms. The minimum Gasteiger partial charge on any atom is -0.549 e. The zero-order valence-corrected chi connectivity index (χ0v) is 9.55. The number of nitrogens with one attached hydrogen (secondary N) is 1. The van der Waals surface area contributed by atoms with Gasteiger partial charge in [-0.25, -0.2) is 8.42 Å². The SMILES string of the molecule is C[NH+]1CCCN(S(=O)(=O)CC(=O)[O-])CC1. The van der Waals surface area contributed by atoms with Crippen LogP contribution in [0, 0.1) is 0 Å². The molecule has 0 aliphatic carbocycles. The van der Waals surface area contributed by atoms with E-state index in [2.05, 4.69) is 0 Å². The number of carboxylic acid groups (broad SMARTS) is 1. The van der Waals surface area contributed by atoms with Crippen molar-refractivity contribution in [2.45, 2.75) is 6.42 Å². The van der Waals surface area contributed by atoms with Crippen LogP contribution in [0.3, 0.4) is 0 Å². The quantitative estimate of drug-likeness (QED) is 0.546. The molecule has 0 aromatic rings. The molecular weight excluding hydrogens is 220 g/mol. The van der Waals surface area contributed by atoms with E-state index >= 15 is 0 Å². The fourth-order valence-electron chi connectivity index (χ4n) is 1.63. The summed E-state index contributed by atoms with van der Waals surface area (Å²) in [7, 11) is -1.68. The van der Waals surface area contributed by atoms with Crippen LogP contribution >= 0.6 is 0 Å². The first-order chi connectivity index (χ1) is 6.92. The van der Waals surface area contributed by atoms with Gasteiger partial charge < -0.3 is 14.8 Å². The van der Waals surface area contributed by atoms with E-state index in [0.717, 1.165) is 13.0 Å². The van der Waals surface area contributed by atoms with E-state index in [1.54, 1.807) is 0 Å². The van der Waals surface area contributed by atoms with Crippen LogP contribution in [0.2, 0.25) is 0 Å². The third-order valence-corrected chi connectivity index (χ3v) is 4.25. The first-order valence-electron chi connectivity index (χ1n) is 4.91. The van der Waals surface area contributed by atoms with Gasteiger partial charge >= 0.3 is 0 Å². The molecule has 1 aliphatic heterocycles. The predicted molar refractivity (Wildman–Crippen MR) is 51.6 cm³/mol. The number of rotatable bonds is 3. The number of carbonyl (C=O) groups excluding carboxylic acids is 1. The summed E-state index contributed by atoms with van der Waals surface area (Å²) in [4.78, 5) is 11.6. The number of aliphatic carboxylic acids is 1. The number of sulfonamides is 1. The van der Waals surface area contributed by atoms with Crippen molar-refractivity contribution in [1.82, 2.24) is 4.31 Å². The van der Waals surface area contributed by atoms with E-state index in [4.69, 9.17) is 0 Å². The standard InChI is InChI=1S/C8H16N2O4S/c1-9-3-2-4-10(6-5-9)15(13,14)7-8(11)12/h2-7H2,1H3,(H,11,12). The molecule has 6 nitrogen and oxygen atoms in total. The van der Waals surface area contributed by atoms with Crippen LogP contribution in [0.1, 0.15) is 6.42 Å². The topological polar surface area (TPSA) is 82.0 Å². The summed E-state index contributed by atoms with van der Waals surface area (Å²) >= 11 is 0. The molecule has 88 valence electrons. The molecule has 0 radical (unpaired) electrons. The van der Waals surface area contributed by atoms with E-state index in [1.807, 2.05) is 7.05 Å². The maximum absolute atomic E-state index is 11.6. The average molecular weight is 236 g/mol. The Kier molecular flexibility index (Phi) is 4.06. The molecule has 0 saturated carbocycles. The lowest BCUT2D eigenvalue weighted by Crippen LogP contribution is -3.09. The second-order valence-electron chi connectivity index (χ2n) is 3.84. The molecule has 15 heavy (non-hydrogen) atoms. The first-order valence-corrected chi connectivity index (χ1v) is 6.52. The lowest BCUT2D eigenvalue weighted by molar-refractivity contribution is -0.877. The fourth-order valence-corrected chi connectivity index (χ4v) is 2.89.